The molecule has 20 heavy (non-hydrogen) atoms. The van der Waals surface area contributed by atoms with Gasteiger partial charge in [0.25, 0.3) is 0 Å². The molecule has 0 aliphatic heterocycles. The zero-order valence-corrected chi connectivity index (χ0v) is 11.3. The molecule has 8 nitrogen and oxygen atoms in total. The number of aromatic nitrogens is 2. The largest absolute Gasteiger partial charge is 0.478 e. The quantitative estimate of drug-likeness (QED) is 0.672. The Morgan fingerprint density at radius 3 is 2.55 bits per heavy atom. The molecule has 0 aliphatic rings. The molecule has 1 aromatic heterocycles. The number of carboxylic acids is 1. The zero-order chi connectivity index (χ0) is 14.7. The second kappa shape index (κ2) is 5.61. The van der Waals surface area contributed by atoms with Crippen molar-refractivity contribution >= 4 is 27.6 Å². The number of nitro benzene ring substituents is 1. The maximum absolute atomic E-state index is 10.9. The van der Waals surface area contributed by atoms with Crippen molar-refractivity contribution in [3.05, 3.63) is 50.7 Å². The molecule has 0 radical (unpaired) electrons. The van der Waals surface area contributed by atoms with Crippen molar-refractivity contribution in [2.45, 2.75) is 0 Å². The van der Waals surface area contributed by atoms with Crippen LogP contribution in [0.2, 0.25) is 0 Å². The number of halogens is 1. The molecule has 0 amide bonds. The van der Waals surface area contributed by atoms with Gasteiger partial charge in [0.15, 0.2) is 0 Å². The summed E-state index contributed by atoms with van der Waals surface area (Å²) in [5, 5.41) is 19.6. The van der Waals surface area contributed by atoms with E-state index in [2.05, 4.69) is 25.9 Å². The van der Waals surface area contributed by atoms with Crippen molar-refractivity contribution in [1.29, 1.82) is 0 Å². The average molecular weight is 340 g/mol. The van der Waals surface area contributed by atoms with E-state index in [0.29, 0.717) is 4.47 Å². The maximum atomic E-state index is 10.9. The fraction of sp³-hybridized carbons (Fsp3) is 0. The van der Waals surface area contributed by atoms with Gasteiger partial charge in [0.1, 0.15) is 0 Å². The van der Waals surface area contributed by atoms with E-state index >= 15 is 0 Å². The number of aromatic carboxylic acids is 1. The lowest BCUT2D eigenvalue weighted by Crippen LogP contribution is -2.00. The molecule has 0 spiro atoms. The van der Waals surface area contributed by atoms with Gasteiger partial charge in [-0.3, -0.25) is 10.1 Å². The van der Waals surface area contributed by atoms with Gasteiger partial charge in [-0.15, -0.1) is 0 Å². The summed E-state index contributed by atoms with van der Waals surface area (Å²) in [6.07, 6.45) is 2.10. The van der Waals surface area contributed by atoms with Crippen molar-refractivity contribution in [3.63, 3.8) is 0 Å². The van der Waals surface area contributed by atoms with Crippen LogP contribution in [0.4, 0.5) is 5.69 Å². The minimum absolute atomic E-state index is 0.0405. The van der Waals surface area contributed by atoms with Crippen molar-refractivity contribution in [2.75, 3.05) is 0 Å². The Morgan fingerprint density at radius 1 is 1.35 bits per heavy atom. The van der Waals surface area contributed by atoms with Crippen LogP contribution in [0.15, 0.2) is 35.1 Å². The number of nitrogens with zero attached hydrogens (tertiary/aromatic N) is 3. The van der Waals surface area contributed by atoms with Crippen molar-refractivity contribution in [1.82, 2.24) is 9.97 Å². The molecule has 2 aromatic rings. The summed E-state index contributed by atoms with van der Waals surface area (Å²) < 4.78 is 5.71. The number of carbonyl (C=O) groups is 1. The Morgan fingerprint density at radius 2 is 2.00 bits per heavy atom. The fourth-order valence-corrected chi connectivity index (χ4v) is 1.65. The van der Waals surface area contributed by atoms with Crippen LogP contribution in [-0.4, -0.2) is 26.0 Å². The van der Waals surface area contributed by atoms with E-state index in [0.717, 1.165) is 12.4 Å². The van der Waals surface area contributed by atoms with Crippen LogP contribution < -0.4 is 4.74 Å². The van der Waals surface area contributed by atoms with Gasteiger partial charge in [-0.25, -0.2) is 14.8 Å². The Hall–Kier alpha value is -2.55. The molecule has 1 heterocycles. The Balaban J connectivity index is 2.30. The third kappa shape index (κ3) is 3.06. The second-order valence-electron chi connectivity index (χ2n) is 3.53. The van der Waals surface area contributed by atoms with Crippen LogP contribution in [-0.2, 0) is 0 Å². The molecule has 0 bridgehead atoms. The second-order valence-corrected chi connectivity index (χ2v) is 4.45. The molecule has 0 atom stereocenters. The lowest BCUT2D eigenvalue weighted by atomic mass is 10.3. The summed E-state index contributed by atoms with van der Waals surface area (Å²) in [6, 6.07) is 4.05. The highest BCUT2D eigenvalue weighted by Crippen LogP contribution is 2.32. The number of nitro groups is 1. The van der Waals surface area contributed by atoms with Crippen molar-refractivity contribution in [2.24, 2.45) is 0 Å². The normalized spacial score (nSPS) is 10.1. The minimum Gasteiger partial charge on any atom is -0.478 e. The van der Waals surface area contributed by atoms with Crippen LogP contribution in [0.1, 0.15) is 10.4 Å². The highest BCUT2D eigenvalue weighted by molar-refractivity contribution is 9.10. The first-order valence-corrected chi connectivity index (χ1v) is 5.94. The molecule has 1 aromatic carbocycles. The van der Waals surface area contributed by atoms with Crippen LogP contribution >= 0.6 is 15.9 Å². The summed E-state index contributed by atoms with van der Waals surface area (Å²) in [6.45, 7) is 0. The van der Waals surface area contributed by atoms with Gasteiger partial charge in [0, 0.05) is 22.9 Å². The molecule has 0 fully saturated rings. The number of carboxylic acid groups (broad SMARTS) is 1. The summed E-state index contributed by atoms with van der Waals surface area (Å²) in [4.78, 5) is 28.3. The molecular weight excluding hydrogens is 334 g/mol. The lowest BCUT2D eigenvalue weighted by molar-refractivity contribution is -0.385. The molecule has 0 aliphatic carbocycles. The van der Waals surface area contributed by atoms with Crippen molar-refractivity contribution < 1.29 is 19.6 Å². The molecule has 0 unspecified atom stereocenters. The Labute approximate surface area is 120 Å². The fourth-order valence-electron chi connectivity index (χ4n) is 1.30. The van der Waals surface area contributed by atoms with Gasteiger partial charge in [-0.1, -0.05) is 15.9 Å². The lowest BCUT2D eigenvalue weighted by Gasteiger charge is -2.04. The molecule has 2 rings (SSSR count). The Kier molecular flexibility index (Phi) is 3.89. The first-order chi connectivity index (χ1) is 9.47. The standard InChI is InChI=1S/C11H6BrN3O5/c12-7-1-2-9(8(3-7)15(18)19)20-11-13-4-6(5-14-11)10(16)17/h1-5H,(H,16,17). The average Bonchev–Trinajstić information content (AvgIpc) is 2.41. The van der Waals surface area contributed by atoms with Gasteiger partial charge in [0.05, 0.1) is 10.5 Å². The summed E-state index contributed by atoms with van der Waals surface area (Å²) >= 11 is 3.12. The van der Waals surface area contributed by atoms with Crippen molar-refractivity contribution in [3.8, 4) is 11.8 Å². The predicted octanol–water partition coefficient (Wildman–Crippen LogP) is 2.64. The van der Waals surface area contributed by atoms with E-state index in [4.69, 9.17) is 9.84 Å². The van der Waals surface area contributed by atoms with Crippen LogP contribution in [0, 0.1) is 10.1 Å². The van der Waals surface area contributed by atoms with E-state index in [9.17, 15) is 14.9 Å². The molecule has 1 N–H and O–H groups in total. The van der Waals surface area contributed by atoms with E-state index in [1.165, 1.54) is 12.1 Å². The number of rotatable bonds is 4. The van der Waals surface area contributed by atoms with E-state index in [-0.39, 0.29) is 23.0 Å². The first-order valence-electron chi connectivity index (χ1n) is 5.14. The van der Waals surface area contributed by atoms with Gasteiger partial charge in [-0.05, 0) is 12.1 Å². The predicted molar refractivity (Wildman–Crippen MR) is 69.9 cm³/mol. The van der Waals surface area contributed by atoms with Crippen LogP contribution in [0.25, 0.3) is 0 Å². The monoisotopic (exact) mass is 339 g/mol. The number of hydrogen-bond donors (Lipinski definition) is 1. The van der Waals surface area contributed by atoms with Gasteiger partial charge < -0.3 is 9.84 Å². The summed E-state index contributed by atoms with van der Waals surface area (Å²) in [5.41, 5.74) is -0.368. The smallest absolute Gasteiger partial charge is 0.338 e. The highest BCUT2D eigenvalue weighted by Gasteiger charge is 2.17. The van der Waals surface area contributed by atoms with E-state index in [1.54, 1.807) is 6.07 Å². The first kappa shape index (κ1) is 13.9. The SMILES string of the molecule is O=C(O)c1cnc(Oc2ccc(Br)cc2[N+](=O)[O-])nc1. The molecular formula is C11H6BrN3O5. The number of benzene rings is 1. The van der Waals surface area contributed by atoms with E-state index < -0.39 is 10.9 Å². The molecule has 0 saturated heterocycles. The topological polar surface area (TPSA) is 115 Å². The van der Waals surface area contributed by atoms with Gasteiger partial charge >= 0.3 is 17.7 Å². The summed E-state index contributed by atoms with van der Waals surface area (Å²) in [7, 11) is 0. The highest BCUT2D eigenvalue weighted by atomic mass is 79.9. The van der Waals surface area contributed by atoms with E-state index in [1.807, 2.05) is 0 Å². The number of ether oxygens (including phenoxy) is 1. The molecule has 9 heteroatoms. The van der Waals surface area contributed by atoms with Crippen LogP contribution in [0.5, 0.6) is 11.8 Å². The third-order valence-corrected chi connectivity index (χ3v) is 2.69. The van der Waals surface area contributed by atoms with Gasteiger partial charge in [0.2, 0.25) is 5.75 Å². The summed E-state index contributed by atoms with van der Waals surface area (Å²) in [5.74, 6) is -1.22. The molecule has 102 valence electrons. The maximum Gasteiger partial charge on any atom is 0.338 e. The van der Waals surface area contributed by atoms with Gasteiger partial charge in [-0.2, -0.15) is 0 Å². The number of hydrogen-bond acceptors (Lipinski definition) is 6. The van der Waals surface area contributed by atoms with Crippen LogP contribution in [0.3, 0.4) is 0 Å². The molecule has 0 saturated carbocycles. The third-order valence-electron chi connectivity index (χ3n) is 2.19. The Bertz CT molecular complexity index is 674. The minimum atomic E-state index is -1.17. The zero-order valence-electron chi connectivity index (χ0n) is 9.69.